The monoisotopic (exact) mass is 456 g/mol. The highest BCUT2D eigenvalue weighted by Gasteiger charge is 2.23. The predicted octanol–water partition coefficient (Wildman–Crippen LogP) is 3.22. The Morgan fingerprint density at radius 3 is 3.09 bits per heavy atom. The molecule has 2 aliphatic rings. The molecule has 3 N–H and O–H groups in total. The Labute approximate surface area is 188 Å². The number of hydrogen-bond donors (Lipinski definition) is 2. The molecule has 3 aromatic rings. The van der Waals surface area contributed by atoms with Crippen LogP contribution in [-0.4, -0.2) is 39.0 Å². The van der Waals surface area contributed by atoms with Crippen LogP contribution in [-0.2, 0) is 11.3 Å². The summed E-state index contributed by atoms with van der Waals surface area (Å²) in [5.74, 6) is 1.79. The summed E-state index contributed by atoms with van der Waals surface area (Å²) in [4.78, 5) is 24.7. The Kier molecular flexibility index (Phi) is 5.44. The van der Waals surface area contributed by atoms with E-state index in [1.807, 2.05) is 22.8 Å². The SMILES string of the molecule is Nc1nc(Cl)nc2c1ncn2C1C=CCC(COC(=O)NCc2ccc3c(c2)OCO3)C1. The number of carbonyl (C=O) groups excluding carboxylic acids is 1. The average molecular weight is 457 g/mol. The lowest BCUT2D eigenvalue weighted by atomic mass is 9.91. The molecule has 3 heterocycles. The number of nitrogens with two attached hydrogens (primary N) is 1. The molecular weight excluding hydrogens is 436 g/mol. The van der Waals surface area contributed by atoms with E-state index in [4.69, 9.17) is 31.5 Å². The van der Waals surface area contributed by atoms with E-state index in [0.717, 1.165) is 18.4 Å². The molecule has 166 valence electrons. The van der Waals surface area contributed by atoms with Gasteiger partial charge in [0.1, 0.15) is 5.52 Å². The smallest absolute Gasteiger partial charge is 0.407 e. The number of fused-ring (bicyclic) bond motifs is 2. The Bertz CT molecular complexity index is 1200. The molecule has 2 atom stereocenters. The zero-order chi connectivity index (χ0) is 22.1. The second-order valence-corrected chi connectivity index (χ2v) is 8.01. The van der Waals surface area contributed by atoms with E-state index in [1.54, 1.807) is 6.33 Å². The number of halogens is 1. The lowest BCUT2D eigenvalue weighted by Crippen LogP contribution is -2.27. The van der Waals surface area contributed by atoms with Gasteiger partial charge in [-0.05, 0) is 48.1 Å². The number of nitrogens with one attached hydrogen (secondary N) is 1. The molecule has 10 nitrogen and oxygen atoms in total. The fourth-order valence-corrected chi connectivity index (χ4v) is 4.08. The zero-order valence-electron chi connectivity index (χ0n) is 17.0. The second-order valence-electron chi connectivity index (χ2n) is 7.67. The summed E-state index contributed by atoms with van der Waals surface area (Å²) in [7, 11) is 0. The average Bonchev–Trinajstić information content (AvgIpc) is 3.43. The van der Waals surface area contributed by atoms with Gasteiger partial charge in [-0.3, -0.25) is 0 Å². The van der Waals surface area contributed by atoms with Crippen LogP contribution in [0, 0.1) is 5.92 Å². The van der Waals surface area contributed by atoms with Crippen LogP contribution in [0.2, 0.25) is 5.28 Å². The van der Waals surface area contributed by atoms with Gasteiger partial charge >= 0.3 is 6.09 Å². The minimum absolute atomic E-state index is 0.00408. The van der Waals surface area contributed by atoms with E-state index in [9.17, 15) is 4.79 Å². The van der Waals surface area contributed by atoms with Crippen molar-refractivity contribution in [1.82, 2.24) is 24.8 Å². The van der Waals surface area contributed by atoms with Gasteiger partial charge in [0.15, 0.2) is 23.0 Å². The molecule has 5 rings (SSSR count). The highest BCUT2D eigenvalue weighted by Crippen LogP contribution is 2.33. The summed E-state index contributed by atoms with van der Waals surface area (Å²) in [5, 5.41) is 2.85. The Hall–Kier alpha value is -3.53. The number of rotatable bonds is 5. The summed E-state index contributed by atoms with van der Waals surface area (Å²) < 4.78 is 18.0. The number of carbonyl (C=O) groups is 1. The third-order valence-corrected chi connectivity index (χ3v) is 5.67. The van der Waals surface area contributed by atoms with Crippen molar-refractivity contribution >= 4 is 34.7 Å². The third-order valence-electron chi connectivity index (χ3n) is 5.50. The van der Waals surface area contributed by atoms with Crippen LogP contribution in [0.25, 0.3) is 11.2 Å². The number of hydrogen-bond acceptors (Lipinski definition) is 8. The predicted molar refractivity (Wildman–Crippen MR) is 116 cm³/mol. The second kappa shape index (κ2) is 8.54. The number of benzene rings is 1. The molecule has 2 aromatic heterocycles. The van der Waals surface area contributed by atoms with Crippen LogP contribution in [0.4, 0.5) is 10.6 Å². The molecule has 0 saturated carbocycles. The maximum Gasteiger partial charge on any atom is 0.407 e. The van der Waals surface area contributed by atoms with E-state index in [2.05, 4.69) is 32.4 Å². The molecule has 0 radical (unpaired) electrons. The first kappa shape index (κ1) is 20.4. The number of anilines is 1. The highest BCUT2D eigenvalue weighted by atomic mass is 35.5. The molecule has 1 aromatic carbocycles. The van der Waals surface area contributed by atoms with Crippen LogP contribution in [0.15, 0.2) is 36.7 Å². The van der Waals surface area contributed by atoms with Crippen molar-refractivity contribution in [3.05, 3.63) is 47.5 Å². The molecular formula is C21H21ClN6O4. The Balaban J connectivity index is 1.16. The Morgan fingerprint density at radius 1 is 1.31 bits per heavy atom. The van der Waals surface area contributed by atoms with Crippen molar-refractivity contribution in [1.29, 1.82) is 0 Å². The van der Waals surface area contributed by atoms with Crippen molar-refractivity contribution in [3.8, 4) is 11.5 Å². The molecule has 32 heavy (non-hydrogen) atoms. The summed E-state index contributed by atoms with van der Waals surface area (Å²) in [6.45, 7) is 0.858. The summed E-state index contributed by atoms with van der Waals surface area (Å²) in [6, 6.07) is 5.55. The van der Waals surface area contributed by atoms with E-state index in [0.29, 0.717) is 35.8 Å². The van der Waals surface area contributed by atoms with Crippen LogP contribution in [0.5, 0.6) is 11.5 Å². The lowest BCUT2D eigenvalue weighted by molar-refractivity contribution is 0.120. The fraction of sp³-hybridized carbons (Fsp3) is 0.333. The minimum Gasteiger partial charge on any atom is -0.454 e. The van der Waals surface area contributed by atoms with Crippen molar-refractivity contribution in [2.24, 2.45) is 5.92 Å². The van der Waals surface area contributed by atoms with Gasteiger partial charge in [-0.1, -0.05) is 18.2 Å². The molecule has 0 spiro atoms. The Morgan fingerprint density at radius 2 is 2.19 bits per heavy atom. The van der Waals surface area contributed by atoms with E-state index in [1.165, 1.54) is 0 Å². The minimum atomic E-state index is -0.464. The molecule has 2 unspecified atom stereocenters. The summed E-state index contributed by atoms with van der Waals surface area (Å²) >= 11 is 5.97. The first-order valence-corrected chi connectivity index (χ1v) is 10.6. The number of allylic oxidation sites excluding steroid dienone is 2. The van der Waals surface area contributed by atoms with Crippen molar-refractivity contribution in [2.75, 3.05) is 19.1 Å². The van der Waals surface area contributed by atoms with E-state index < -0.39 is 6.09 Å². The van der Waals surface area contributed by atoms with E-state index in [-0.39, 0.29) is 29.9 Å². The maximum atomic E-state index is 12.2. The first-order valence-electron chi connectivity index (χ1n) is 10.2. The zero-order valence-corrected chi connectivity index (χ0v) is 17.8. The number of imidazole rings is 1. The highest BCUT2D eigenvalue weighted by molar-refractivity contribution is 6.28. The molecule has 11 heteroatoms. The van der Waals surface area contributed by atoms with Crippen molar-refractivity contribution < 1.29 is 19.0 Å². The van der Waals surface area contributed by atoms with Crippen molar-refractivity contribution in [3.63, 3.8) is 0 Å². The normalized spacial score (nSPS) is 19.3. The largest absolute Gasteiger partial charge is 0.454 e. The quantitative estimate of drug-likeness (QED) is 0.442. The standard InChI is InChI=1S/C21H21ClN6O4/c22-20-26-18(23)17-19(27-20)28(10-25-17)14-3-1-2-13(6-14)9-30-21(29)24-8-12-4-5-15-16(7-12)32-11-31-15/h1,3-5,7,10,13-14H,2,6,8-9,11H2,(H,24,29)(H2,23,26,27). The summed E-state index contributed by atoms with van der Waals surface area (Å²) in [6.07, 6.45) is 6.96. The molecule has 1 amide bonds. The number of ether oxygens (including phenoxy) is 3. The van der Waals surface area contributed by atoms with Crippen molar-refractivity contribution in [2.45, 2.75) is 25.4 Å². The van der Waals surface area contributed by atoms with Crippen LogP contribution in [0.3, 0.4) is 0 Å². The number of amides is 1. The molecule has 1 aliphatic heterocycles. The van der Waals surface area contributed by atoms with Crippen LogP contribution in [0.1, 0.15) is 24.4 Å². The van der Waals surface area contributed by atoms with Gasteiger partial charge in [0, 0.05) is 6.54 Å². The lowest BCUT2D eigenvalue weighted by Gasteiger charge is -2.25. The molecule has 1 aliphatic carbocycles. The number of nitrogens with zero attached hydrogens (tertiary/aromatic N) is 4. The topological polar surface area (TPSA) is 126 Å². The molecule has 0 bridgehead atoms. The van der Waals surface area contributed by atoms with Crippen LogP contribution >= 0.6 is 11.6 Å². The number of nitrogen functional groups attached to an aromatic ring is 1. The van der Waals surface area contributed by atoms with Gasteiger partial charge in [-0.15, -0.1) is 0 Å². The third kappa shape index (κ3) is 4.13. The van der Waals surface area contributed by atoms with Gasteiger partial charge in [-0.25, -0.2) is 9.78 Å². The van der Waals surface area contributed by atoms with Gasteiger partial charge in [-0.2, -0.15) is 9.97 Å². The van der Waals surface area contributed by atoms with Gasteiger partial charge in [0.2, 0.25) is 12.1 Å². The van der Waals surface area contributed by atoms with Crippen LogP contribution < -0.4 is 20.5 Å². The maximum absolute atomic E-state index is 12.2. The number of alkyl carbamates (subject to hydrolysis) is 1. The molecule has 0 saturated heterocycles. The number of aromatic nitrogens is 4. The first-order chi connectivity index (χ1) is 15.6. The van der Waals surface area contributed by atoms with Gasteiger partial charge < -0.3 is 29.8 Å². The van der Waals surface area contributed by atoms with Gasteiger partial charge in [0.05, 0.1) is 19.0 Å². The fourth-order valence-electron chi connectivity index (χ4n) is 3.91. The van der Waals surface area contributed by atoms with E-state index >= 15 is 0 Å². The van der Waals surface area contributed by atoms with Gasteiger partial charge in [0.25, 0.3) is 0 Å². The molecule has 0 fully saturated rings. The summed E-state index contributed by atoms with van der Waals surface area (Å²) in [5.41, 5.74) is 7.90.